The van der Waals surface area contributed by atoms with Gasteiger partial charge in [-0.1, -0.05) is 35.5 Å². The molecular weight excluding hydrogens is 774 g/mol. The largest absolute Gasteiger partial charge is 0.490 e. The minimum atomic E-state index is -0.919. The van der Waals surface area contributed by atoms with Gasteiger partial charge in [-0.15, -0.1) is 0 Å². The Kier molecular flexibility index (Phi) is 16.5. The molecule has 0 aliphatic rings. The summed E-state index contributed by atoms with van der Waals surface area (Å²) in [6, 6.07) is 17.9. The third kappa shape index (κ3) is 14.0. The Hall–Kier alpha value is -5.81. The summed E-state index contributed by atoms with van der Waals surface area (Å²) in [6.07, 6.45) is 1.04. The van der Waals surface area contributed by atoms with Crippen LogP contribution in [0, 0.1) is 22.7 Å². The van der Waals surface area contributed by atoms with Crippen LogP contribution in [0.25, 0.3) is 22.6 Å². The number of halogens is 1. The van der Waals surface area contributed by atoms with Gasteiger partial charge < -0.3 is 39.7 Å². The molecule has 0 aliphatic heterocycles. The first-order valence-corrected chi connectivity index (χ1v) is 19.3. The third-order valence-corrected chi connectivity index (χ3v) is 9.02. The molecule has 17 heteroatoms. The average molecular weight is 818 g/mol. The first-order chi connectivity index (χ1) is 27.3. The number of benzene rings is 2. The van der Waals surface area contributed by atoms with Gasteiger partial charge in [0.1, 0.15) is 59.4 Å². The van der Waals surface area contributed by atoms with Crippen molar-refractivity contribution in [3.8, 4) is 40.5 Å². The number of nitrogens with one attached hydrogen (secondary N) is 2. The van der Waals surface area contributed by atoms with Gasteiger partial charge in [-0.3, -0.25) is 9.59 Å². The van der Waals surface area contributed by atoms with E-state index in [4.69, 9.17) is 40.7 Å². The summed E-state index contributed by atoms with van der Waals surface area (Å²) in [5, 5.41) is 26.7. The second kappa shape index (κ2) is 21.5. The number of hydrogen-bond acceptors (Lipinski definition) is 15. The molecule has 1 amide bonds. The number of aromatic nitrogens is 2. The minimum Gasteiger partial charge on any atom is -0.490 e. The van der Waals surface area contributed by atoms with Crippen molar-refractivity contribution in [2.24, 2.45) is 0 Å². The van der Waals surface area contributed by atoms with Crippen LogP contribution in [0.3, 0.4) is 0 Å². The zero-order valence-corrected chi connectivity index (χ0v) is 33.6. The summed E-state index contributed by atoms with van der Waals surface area (Å²) >= 11 is 7.22. The Morgan fingerprint density at radius 3 is 2.26 bits per heavy atom. The zero-order chi connectivity index (χ0) is 41.4. The Morgan fingerprint density at radius 1 is 0.930 bits per heavy atom. The molecule has 4 aromatic rings. The van der Waals surface area contributed by atoms with E-state index in [0.717, 1.165) is 5.56 Å². The molecule has 0 bridgehead atoms. The van der Waals surface area contributed by atoms with Crippen molar-refractivity contribution < 1.29 is 37.7 Å². The number of oxazole rings is 1. The number of nitrogens with zero attached hydrogens (tertiary/aromatic N) is 4. The summed E-state index contributed by atoms with van der Waals surface area (Å²) in [5.74, 6) is 0.0401. The van der Waals surface area contributed by atoms with Crippen molar-refractivity contribution in [3.63, 3.8) is 0 Å². The van der Waals surface area contributed by atoms with E-state index in [1.807, 2.05) is 0 Å². The van der Waals surface area contributed by atoms with Crippen molar-refractivity contribution >= 4 is 47.2 Å². The monoisotopic (exact) mass is 817 g/mol. The van der Waals surface area contributed by atoms with Crippen LogP contribution in [0.4, 0.5) is 10.6 Å². The van der Waals surface area contributed by atoms with E-state index in [9.17, 15) is 24.9 Å². The van der Waals surface area contributed by atoms with Gasteiger partial charge >= 0.3 is 18.0 Å². The molecule has 0 aliphatic carbocycles. The number of anilines is 1. The van der Waals surface area contributed by atoms with Crippen molar-refractivity contribution in [1.82, 2.24) is 20.6 Å². The predicted molar refractivity (Wildman–Crippen MR) is 213 cm³/mol. The number of rotatable bonds is 19. The minimum absolute atomic E-state index is 0.0154. The molecule has 0 saturated carbocycles. The lowest BCUT2D eigenvalue weighted by molar-refractivity contribution is -0.161. The molecule has 15 nitrogen and oxygen atoms in total. The highest BCUT2D eigenvalue weighted by Crippen LogP contribution is 2.37. The van der Waals surface area contributed by atoms with E-state index in [0.29, 0.717) is 63.6 Å². The van der Waals surface area contributed by atoms with E-state index >= 15 is 0 Å². The number of nitrogen functional groups attached to an aromatic ring is 1. The van der Waals surface area contributed by atoms with Gasteiger partial charge in [0.2, 0.25) is 5.89 Å². The molecular formula is C40H44ClN7O8S. The van der Waals surface area contributed by atoms with E-state index in [-0.39, 0.29) is 49.5 Å². The molecule has 2 heterocycles. The lowest BCUT2D eigenvalue weighted by Gasteiger charge is -2.20. The molecule has 0 fully saturated rings. The maximum absolute atomic E-state index is 12.6. The Morgan fingerprint density at radius 2 is 1.60 bits per heavy atom. The molecule has 4 rings (SSSR count). The molecule has 2 aromatic carbocycles. The normalized spacial score (nSPS) is 11.5. The predicted octanol–water partition coefficient (Wildman–Crippen LogP) is 6.81. The first kappa shape index (κ1) is 43.9. The van der Waals surface area contributed by atoms with Crippen molar-refractivity contribution in [2.45, 2.75) is 68.9 Å². The Labute approximate surface area is 340 Å². The quantitative estimate of drug-likeness (QED) is 0.0382. The molecule has 1 atom stereocenters. The lowest BCUT2D eigenvalue weighted by Crippen LogP contribution is -2.33. The van der Waals surface area contributed by atoms with Gasteiger partial charge in [-0.2, -0.15) is 10.5 Å². The van der Waals surface area contributed by atoms with Crippen LogP contribution in [0.15, 0.2) is 64.2 Å². The number of hydrogen-bond donors (Lipinski definition) is 3. The fourth-order valence-corrected chi connectivity index (χ4v) is 6.10. The van der Waals surface area contributed by atoms with Crippen LogP contribution in [0.5, 0.6) is 5.75 Å². The highest BCUT2D eigenvalue weighted by Gasteiger charge is 2.23. The molecule has 300 valence electrons. The highest BCUT2D eigenvalue weighted by atomic mass is 35.5. The summed E-state index contributed by atoms with van der Waals surface area (Å²) in [4.78, 5) is 45.8. The summed E-state index contributed by atoms with van der Waals surface area (Å²) < 4.78 is 27.7. The smallest absolute Gasteiger partial charge is 0.407 e. The maximum atomic E-state index is 12.6. The van der Waals surface area contributed by atoms with Crippen molar-refractivity contribution in [1.29, 1.82) is 10.5 Å². The number of nitriles is 2. The topological polar surface area (TPSA) is 225 Å². The molecule has 2 aromatic heterocycles. The van der Waals surface area contributed by atoms with Crippen LogP contribution in [-0.2, 0) is 29.6 Å². The van der Waals surface area contributed by atoms with Crippen LogP contribution in [0.2, 0.25) is 5.02 Å². The lowest BCUT2D eigenvalue weighted by atomic mass is 9.97. The van der Waals surface area contributed by atoms with Crippen molar-refractivity contribution in [3.05, 3.63) is 76.6 Å². The number of pyridine rings is 1. The van der Waals surface area contributed by atoms with Gasteiger partial charge in [-0.25, -0.2) is 14.8 Å². The van der Waals surface area contributed by atoms with Crippen molar-refractivity contribution in [2.75, 3.05) is 39.1 Å². The number of alkyl carbamates (subject to hydrolysis) is 1. The van der Waals surface area contributed by atoms with Gasteiger partial charge in [0.25, 0.3) is 0 Å². The summed E-state index contributed by atoms with van der Waals surface area (Å²) in [5.41, 5.74) is 7.97. The Bertz CT molecular complexity index is 2070. The fourth-order valence-electron chi connectivity index (χ4n) is 5.10. The number of thioether (sulfide) groups is 1. The number of esters is 2. The van der Waals surface area contributed by atoms with Crippen LogP contribution in [-0.4, -0.2) is 73.1 Å². The van der Waals surface area contributed by atoms with Crippen LogP contribution < -0.4 is 21.1 Å². The standard InChI is InChI=1S/C40H44ClN7O8S/c1-40(2,3)56-39(51)46-18-6-7-33(49)53-23-30(55-34(50)8-5-17-45-4)22-52-29-15-11-25(12-16-29)35-31(19-42)36(44)48-38(32(35)20-43)57-24-28-21-54-37(47-28)26-9-13-27(41)14-10-26/h9-16,21,30,45H,5-8,17-18,22-24H2,1-4H3,(H2,44,48)(H,46,51). The average Bonchev–Trinajstić information content (AvgIpc) is 3.65. The van der Waals surface area contributed by atoms with E-state index in [2.05, 4.69) is 32.7 Å². The number of ether oxygens (including phenoxy) is 4. The summed E-state index contributed by atoms with van der Waals surface area (Å²) in [6.45, 7) is 5.69. The first-order valence-electron chi connectivity index (χ1n) is 18.0. The van der Waals surface area contributed by atoms with Gasteiger partial charge in [0.15, 0.2) is 6.10 Å². The molecule has 0 saturated heterocycles. The third-order valence-electron chi connectivity index (χ3n) is 7.76. The van der Waals surface area contributed by atoms with Gasteiger partial charge in [0, 0.05) is 41.3 Å². The maximum Gasteiger partial charge on any atom is 0.407 e. The highest BCUT2D eigenvalue weighted by molar-refractivity contribution is 7.98. The van der Waals surface area contributed by atoms with Crippen LogP contribution >= 0.6 is 23.4 Å². The van der Waals surface area contributed by atoms with Crippen LogP contribution in [0.1, 0.15) is 63.3 Å². The van der Waals surface area contributed by atoms with Gasteiger partial charge in [-0.05, 0) is 89.2 Å². The molecule has 4 N–H and O–H groups in total. The van der Waals surface area contributed by atoms with E-state index in [1.54, 1.807) is 76.3 Å². The number of carbonyl (C=O) groups is 3. The molecule has 57 heavy (non-hydrogen) atoms. The number of amides is 1. The SMILES string of the molecule is CNCCCC(=O)OC(COC(=O)CCCNC(=O)OC(C)(C)C)COc1ccc(-c2c(C#N)c(N)nc(SCc3coc(-c4ccc(Cl)cc4)n3)c2C#N)cc1. The fraction of sp³-hybridized carbons (Fsp3) is 0.375. The number of nitrogens with two attached hydrogens (primary N) is 1. The Balaban J connectivity index is 1.41. The van der Waals surface area contributed by atoms with E-state index < -0.39 is 29.7 Å². The molecule has 0 spiro atoms. The summed E-state index contributed by atoms with van der Waals surface area (Å²) in [7, 11) is 1.78. The second-order valence-corrected chi connectivity index (χ2v) is 14.9. The zero-order valence-electron chi connectivity index (χ0n) is 32.1. The van der Waals surface area contributed by atoms with Gasteiger partial charge in [0.05, 0.1) is 11.3 Å². The van der Waals surface area contributed by atoms with E-state index in [1.165, 1.54) is 18.0 Å². The molecule has 0 radical (unpaired) electrons. The molecule has 1 unspecified atom stereocenters. The number of carbonyl (C=O) groups excluding carboxylic acids is 3. The second-order valence-electron chi connectivity index (χ2n) is 13.5.